The fourth-order valence-electron chi connectivity index (χ4n) is 3.54. The maximum absolute atomic E-state index is 14.6. The maximum atomic E-state index is 14.6. The lowest BCUT2D eigenvalue weighted by atomic mass is 10.0. The largest absolute Gasteiger partial charge is 0.573 e. The van der Waals surface area contributed by atoms with Crippen molar-refractivity contribution in [2.24, 2.45) is 0 Å². The van der Waals surface area contributed by atoms with Gasteiger partial charge in [0.2, 0.25) is 5.95 Å². The number of fused-ring (bicyclic) bond motifs is 1. The van der Waals surface area contributed by atoms with E-state index >= 15 is 0 Å². The highest BCUT2D eigenvalue weighted by atomic mass is 19.4. The highest BCUT2D eigenvalue weighted by Gasteiger charge is 2.31. The fraction of sp³-hybridized carbons (Fsp3) is 0.217. The molecule has 182 valence electrons. The summed E-state index contributed by atoms with van der Waals surface area (Å²) in [6.45, 7) is 0.205. The highest BCUT2D eigenvalue weighted by molar-refractivity contribution is 5.97. The number of nitrogens with two attached hydrogens (primary N) is 1. The van der Waals surface area contributed by atoms with Crippen molar-refractivity contribution in [1.82, 2.24) is 24.9 Å². The van der Waals surface area contributed by atoms with Crippen molar-refractivity contribution in [3.05, 3.63) is 70.9 Å². The standard InChI is InChI=1S/C23H20F4N6O2/c1-11-16(14-6-7-33-20(8-14)31-22(28)32-33)10-18(13(3)29-11)21(34)30-12(2)17-9-15(4-5-19(17)24)35-23(25,26)27/h4-10,12H,1-3H3,(H2,28,32)(H,30,34)/i2D3. The number of aromatic nitrogens is 4. The van der Waals surface area contributed by atoms with E-state index in [0.717, 1.165) is 0 Å². The van der Waals surface area contributed by atoms with E-state index in [-0.39, 0.29) is 17.2 Å². The molecule has 4 rings (SSSR count). The van der Waals surface area contributed by atoms with E-state index in [2.05, 4.69) is 25.1 Å². The number of hydrogen-bond donors (Lipinski definition) is 2. The normalized spacial score (nSPS) is 14.2. The Morgan fingerprint density at radius 3 is 2.66 bits per heavy atom. The van der Waals surface area contributed by atoms with Crippen molar-refractivity contribution in [1.29, 1.82) is 0 Å². The molecule has 0 aliphatic rings. The first-order valence-electron chi connectivity index (χ1n) is 11.6. The number of nitrogen functional groups attached to an aromatic ring is 1. The van der Waals surface area contributed by atoms with Gasteiger partial charge >= 0.3 is 6.36 Å². The van der Waals surface area contributed by atoms with E-state index in [4.69, 9.17) is 9.85 Å². The molecule has 1 amide bonds. The Kier molecular flexibility index (Phi) is 5.10. The number of aryl methyl sites for hydroxylation is 2. The Morgan fingerprint density at radius 2 is 1.94 bits per heavy atom. The molecule has 3 aromatic heterocycles. The first-order valence-corrected chi connectivity index (χ1v) is 10.1. The van der Waals surface area contributed by atoms with Gasteiger partial charge in [-0.2, -0.15) is 4.98 Å². The first kappa shape index (κ1) is 20.2. The average Bonchev–Trinajstić information content (AvgIpc) is 3.16. The molecule has 4 aromatic rings. The summed E-state index contributed by atoms with van der Waals surface area (Å²) in [5, 5.41) is 6.23. The highest BCUT2D eigenvalue weighted by Crippen LogP contribution is 2.29. The Morgan fingerprint density at radius 1 is 1.17 bits per heavy atom. The molecular weight excluding hydrogens is 468 g/mol. The van der Waals surface area contributed by atoms with Crippen molar-refractivity contribution in [2.75, 3.05) is 5.73 Å². The van der Waals surface area contributed by atoms with Gasteiger partial charge in [0, 0.05) is 27.1 Å². The van der Waals surface area contributed by atoms with Crippen molar-refractivity contribution >= 4 is 17.5 Å². The van der Waals surface area contributed by atoms with Crippen LogP contribution in [0.25, 0.3) is 16.8 Å². The van der Waals surface area contributed by atoms with Crippen LogP contribution in [0.3, 0.4) is 0 Å². The van der Waals surface area contributed by atoms with Crippen LogP contribution in [0.15, 0.2) is 42.6 Å². The molecule has 1 atom stereocenters. The van der Waals surface area contributed by atoms with Crippen molar-refractivity contribution in [3.8, 4) is 16.9 Å². The topological polar surface area (TPSA) is 107 Å². The van der Waals surface area contributed by atoms with E-state index in [0.29, 0.717) is 40.7 Å². The second-order valence-electron chi connectivity index (χ2n) is 7.58. The third-order valence-electron chi connectivity index (χ3n) is 5.10. The minimum Gasteiger partial charge on any atom is -0.406 e. The summed E-state index contributed by atoms with van der Waals surface area (Å²) in [4.78, 5) is 21.7. The summed E-state index contributed by atoms with van der Waals surface area (Å²) in [6.07, 6.45) is -3.48. The number of pyridine rings is 2. The molecule has 12 heteroatoms. The molecule has 35 heavy (non-hydrogen) atoms. The number of anilines is 1. The van der Waals surface area contributed by atoms with Crippen LogP contribution in [0.2, 0.25) is 0 Å². The molecular formula is C23H20F4N6O2. The Balaban J connectivity index is 1.72. The molecule has 1 unspecified atom stereocenters. The van der Waals surface area contributed by atoms with Gasteiger partial charge < -0.3 is 15.8 Å². The van der Waals surface area contributed by atoms with Gasteiger partial charge in [0.1, 0.15) is 11.6 Å². The van der Waals surface area contributed by atoms with Crippen LogP contribution in [-0.2, 0) is 0 Å². The predicted octanol–water partition coefficient (Wildman–Crippen LogP) is 4.52. The summed E-state index contributed by atoms with van der Waals surface area (Å²) in [6, 6.07) is 4.76. The molecule has 0 aliphatic heterocycles. The fourth-order valence-corrected chi connectivity index (χ4v) is 3.54. The van der Waals surface area contributed by atoms with E-state index in [1.165, 1.54) is 17.5 Å². The zero-order chi connectivity index (χ0) is 28.0. The summed E-state index contributed by atoms with van der Waals surface area (Å²) in [5.74, 6) is -2.83. The third kappa shape index (κ3) is 5.15. The Hall–Kier alpha value is -4.22. The monoisotopic (exact) mass is 491 g/mol. The molecule has 0 bridgehead atoms. The van der Waals surface area contributed by atoms with Crippen LogP contribution in [0.4, 0.5) is 23.5 Å². The number of carbonyl (C=O) groups excluding carboxylic acids is 1. The van der Waals surface area contributed by atoms with E-state index in [1.54, 1.807) is 25.3 Å². The van der Waals surface area contributed by atoms with Gasteiger partial charge in [-0.15, -0.1) is 18.3 Å². The van der Waals surface area contributed by atoms with Crippen LogP contribution in [0.1, 0.15) is 44.3 Å². The van der Waals surface area contributed by atoms with Gasteiger partial charge in [-0.25, -0.2) is 8.91 Å². The first-order chi connectivity index (χ1) is 17.6. The number of ether oxygens (including phenoxy) is 1. The number of benzene rings is 1. The lowest BCUT2D eigenvalue weighted by Crippen LogP contribution is -2.28. The number of nitrogens with one attached hydrogen (secondary N) is 1. The number of hydrogen-bond acceptors (Lipinski definition) is 6. The van der Waals surface area contributed by atoms with Crippen LogP contribution < -0.4 is 15.8 Å². The summed E-state index contributed by atoms with van der Waals surface area (Å²) in [5.41, 5.74) is 7.26. The minimum absolute atomic E-state index is 0.0243. The Bertz CT molecular complexity index is 1540. The molecule has 8 nitrogen and oxygen atoms in total. The van der Waals surface area contributed by atoms with E-state index in [9.17, 15) is 22.4 Å². The van der Waals surface area contributed by atoms with Crippen molar-refractivity contribution in [2.45, 2.75) is 33.1 Å². The van der Waals surface area contributed by atoms with Crippen LogP contribution in [0.5, 0.6) is 5.75 Å². The second kappa shape index (κ2) is 8.85. The number of halogens is 4. The zero-order valence-corrected chi connectivity index (χ0v) is 18.3. The number of amides is 1. The quantitative estimate of drug-likeness (QED) is 0.398. The molecule has 0 spiro atoms. The Labute approximate surface area is 201 Å². The maximum Gasteiger partial charge on any atom is 0.573 e. The van der Waals surface area contributed by atoms with Crippen molar-refractivity contribution in [3.63, 3.8) is 0 Å². The van der Waals surface area contributed by atoms with Crippen LogP contribution in [0, 0.1) is 19.7 Å². The average molecular weight is 491 g/mol. The number of nitrogens with zero attached hydrogens (tertiary/aromatic N) is 4. The van der Waals surface area contributed by atoms with Crippen LogP contribution in [-0.4, -0.2) is 31.9 Å². The summed E-state index contributed by atoms with van der Waals surface area (Å²) >= 11 is 0. The molecule has 0 radical (unpaired) electrons. The SMILES string of the molecule is [2H]C([2H])([2H])C(NC(=O)c1cc(-c2ccn3nc(N)nc3c2)c(C)nc1C)c1cc(OC(F)(F)F)ccc1F. The van der Waals surface area contributed by atoms with Crippen molar-refractivity contribution < 1.29 is 31.2 Å². The molecule has 0 saturated carbocycles. The molecule has 1 aromatic carbocycles. The van der Waals surface area contributed by atoms with Gasteiger partial charge in [0.25, 0.3) is 5.91 Å². The third-order valence-corrected chi connectivity index (χ3v) is 5.10. The van der Waals surface area contributed by atoms with Gasteiger partial charge in [-0.1, -0.05) is 0 Å². The van der Waals surface area contributed by atoms with Crippen LogP contribution >= 0.6 is 0 Å². The number of carbonyl (C=O) groups is 1. The summed E-state index contributed by atoms with van der Waals surface area (Å²) in [7, 11) is 0. The van der Waals surface area contributed by atoms with Gasteiger partial charge in [0.05, 0.1) is 17.3 Å². The molecule has 3 N–H and O–H groups in total. The number of alkyl halides is 3. The molecule has 3 heterocycles. The molecule has 0 saturated heterocycles. The minimum atomic E-state index is -5.09. The lowest BCUT2D eigenvalue weighted by Gasteiger charge is -2.18. The van der Waals surface area contributed by atoms with Gasteiger partial charge in [0.15, 0.2) is 5.65 Å². The van der Waals surface area contributed by atoms with E-state index < -0.39 is 42.3 Å². The number of rotatable bonds is 5. The summed E-state index contributed by atoms with van der Waals surface area (Å²) < 4.78 is 81.3. The predicted molar refractivity (Wildman–Crippen MR) is 119 cm³/mol. The zero-order valence-electron chi connectivity index (χ0n) is 21.3. The van der Waals surface area contributed by atoms with Gasteiger partial charge in [-0.05, 0) is 62.7 Å². The van der Waals surface area contributed by atoms with Gasteiger partial charge in [-0.3, -0.25) is 9.78 Å². The lowest BCUT2D eigenvalue weighted by molar-refractivity contribution is -0.274. The molecule has 0 aliphatic carbocycles. The van der Waals surface area contributed by atoms with E-state index in [1.807, 2.05) is 0 Å². The second-order valence-corrected chi connectivity index (χ2v) is 7.58. The molecule has 0 fully saturated rings. The smallest absolute Gasteiger partial charge is 0.406 e.